The molecule has 0 saturated carbocycles. The number of halogens is 2. The molecule has 2 aromatic carbocycles. The maximum Gasteiger partial charge on any atom is 0.274 e. The van der Waals surface area contributed by atoms with Crippen molar-refractivity contribution < 1.29 is 14.4 Å². The van der Waals surface area contributed by atoms with E-state index >= 15 is 0 Å². The Bertz CT molecular complexity index is 664. The Kier molecular flexibility index (Phi) is 4.19. The largest absolute Gasteiger partial charge is 0.505 e. The van der Waals surface area contributed by atoms with E-state index in [2.05, 4.69) is 21.2 Å². The standard InChI is InChI=1S/C13H10BrFN2O3/c14-9-1-3-12(17(19)20)8(5-9)7-16-10-2-4-13(18)11(15)6-10/h1-6,16,18H,7H2. The molecule has 0 aliphatic rings. The number of nitro groups is 1. The molecule has 104 valence electrons. The average Bonchev–Trinajstić information content (AvgIpc) is 2.40. The van der Waals surface area contributed by atoms with Crippen LogP contribution in [0, 0.1) is 15.9 Å². The minimum atomic E-state index is -0.751. The van der Waals surface area contributed by atoms with Gasteiger partial charge in [0, 0.05) is 34.4 Å². The van der Waals surface area contributed by atoms with E-state index < -0.39 is 16.5 Å². The van der Waals surface area contributed by atoms with E-state index in [0.29, 0.717) is 11.3 Å². The third-order valence-electron chi connectivity index (χ3n) is 2.67. The summed E-state index contributed by atoms with van der Waals surface area (Å²) < 4.78 is 13.9. The number of benzene rings is 2. The number of phenolic OH excluding ortho intramolecular Hbond substituents is 1. The number of anilines is 1. The van der Waals surface area contributed by atoms with E-state index in [0.717, 1.165) is 10.5 Å². The summed E-state index contributed by atoms with van der Waals surface area (Å²) in [5.41, 5.74) is 0.882. The van der Waals surface area contributed by atoms with Crippen LogP contribution < -0.4 is 5.32 Å². The molecule has 5 nitrogen and oxygen atoms in total. The Hall–Kier alpha value is -2.15. The maximum atomic E-state index is 13.2. The third-order valence-corrected chi connectivity index (χ3v) is 3.16. The van der Waals surface area contributed by atoms with Gasteiger partial charge in [-0.3, -0.25) is 10.1 Å². The fourth-order valence-corrected chi connectivity index (χ4v) is 2.10. The number of nitrogens with one attached hydrogen (secondary N) is 1. The zero-order valence-electron chi connectivity index (χ0n) is 10.1. The molecule has 0 radical (unpaired) electrons. The second-order valence-electron chi connectivity index (χ2n) is 4.05. The monoisotopic (exact) mass is 340 g/mol. The van der Waals surface area contributed by atoms with Gasteiger partial charge in [0.1, 0.15) is 0 Å². The molecule has 0 atom stereocenters. The van der Waals surface area contributed by atoms with E-state index in [-0.39, 0.29) is 12.2 Å². The maximum absolute atomic E-state index is 13.2. The predicted octanol–water partition coefficient (Wildman–Crippen LogP) is 3.81. The van der Waals surface area contributed by atoms with Crippen molar-refractivity contribution in [2.24, 2.45) is 0 Å². The zero-order chi connectivity index (χ0) is 14.7. The highest BCUT2D eigenvalue weighted by atomic mass is 79.9. The second-order valence-corrected chi connectivity index (χ2v) is 4.97. The summed E-state index contributed by atoms with van der Waals surface area (Å²) in [5.74, 6) is -1.19. The molecular weight excluding hydrogens is 331 g/mol. The number of nitro benzene ring substituents is 1. The van der Waals surface area contributed by atoms with Gasteiger partial charge in [0.05, 0.1) is 4.92 Å². The quantitative estimate of drug-likeness (QED) is 0.504. The topological polar surface area (TPSA) is 75.4 Å². The number of aromatic hydroxyl groups is 1. The normalized spacial score (nSPS) is 10.3. The summed E-state index contributed by atoms with van der Waals surface area (Å²) in [4.78, 5) is 10.4. The molecule has 0 spiro atoms. The average molecular weight is 341 g/mol. The SMILES string of the molecule is O=[N+]([O-])c1ccc(Br)cc1CNc1ccc(O)c(F)c1. The molecule has 7 heteroatoms. The number of hydrogen-bond acceptors (Lipinski definition) is 4. The highest BCUT2D eigenvalue weighted by Crippen LogP contribution is 2.25. The molecule has 2 N–H and O–H groups in total. The molecule has 0 aliphatic heterocycles. The predicted molar refractivity (Wildman–Crippen MR) is 76.2 cm³/mol. The molecule has 2 rings (SSSR count). The summed E-state index contributed by atoms with van der Waals surface area (Å²) in [6, 6.07) is 8.44. The Labute approximate surface area is 122 Å². The summed E-state index contributed by atoms with van der Waals surface area (Å²) in [5, 5.41) is 22.9. The van der Waals surface area contributed by atoms with Crippen LogP contribution in [0.3, 0.4) is 0 Å². The number of nitrogens with zero attached hydrogens (tertiary/aromatic N) is 1. The highest BCUT2D eigenvalue weighted by Gasteiger charge is 2.13. The molecule has 0 aliphatic carbocycles. The minimum Gasteiger partial charge on any atom is -0.505 e. The van der Waals surface area contributed by atoms with Crippen LogP contribution in [0.5, 0.6) is 5.75 Å². The molecule has 0 bridgehead atoms. The first-order valence-electron chi connectivity index (χ1n) is 5.62. The Balaban J connectivity index is 2.20. The molecule has 0 saturated heterocycles. The molecule has 0 heterocycles. The van der Waals surface area contributed by atoms with Gasteiger partial charge in [0.25, 0.3) is 5.69 Å². The Morgan fingerprint density at radius 1 is 1.30 bits per heavy atom. The smallest absolute Gasteiger partial charge is 0.274 e. The van der Waals surface area contributed by atoms with Crippen LogP contribution in [0.25, 0.3) is 0 Å². The molecule has 0 fully saturated rings. The van der Waals surface area contributed by atoms with E-state index in [9.17, 15) is 14.5 Å². The molecular formula is C13H10BrFN2O3. The molecule has 0 unspecified atom stereocenters. The van der Waals surface area contributed by atoms with Gasteiger partial charge in [-0.05, 0) is 24.3 Å². The summed E-state index contributed by atoms with van der Waals surface area (Å²) >= 11 is 3.25. The van der Waals surface area contributed by atoms with Gasteiger partial charge in [-0.25, -0.2) is 4.39 Å². The molecule has 0 amide bonds. The van der Waals surface area contributed by atoms with Crippen molar-refractivity contribution in [3.8, 4) is 5.75 Å². The highest BCUT2D eigenvalue weighted by molar-refractivity contribution is 9.10. The van der Waals surface area contributed by atoms with E-state index in [1.807, 2.05) is 0 Å². The van der Waals surface area contributed by atoms with Crippen molar-refractivity contribution in [1.82, 2.24) is 0 Å². The van der Waals surface area contributed by atoms with Crippen molar-refractivity contribution in [2.75, 3.05) is 5.32 Å². The first-order valence-corrected chi connectivity index (χ1v) is 6.42. The van der Waals surface area contributed by atoms with Crippen molar-refractivity contribution >= 4 is 27.3 Å². The Morgan fingerprint density at radius 2 is 2.05 bits per heavy atom. The van der Waals surface area contributed by atoms with Gasteiger partial charge in [-0.1, -0.05) is 15.9 Å². The lowest BCUT2D eigenvalue weighted by molar-refractivity contribution is -0.385. The van der Waals surface area contributed by atoms with Gasteiger partial charge in [-0.2, -0.15) is 0 Å². The van der Waals surface area contributed by atoms with E-state index in [1.54, 1.807) is 12.1 Å². The van der Waals surface area contributed by atoms with Crippen LogP contribution in [0.1, 0.15) is 5.56 Å². The van der Waals surface area contributed by atoms with Crippen LogP contribution in [0.15, 0.2) is 40.9 Å². The van der Waals surface area contributed by atoms with Gasteiger partial charge in [0.15, 0.2) is 11.6 Å². The lowest BCUT2D eigenvalue weighted by Crippen LogP contribution is -2.03. The molecule has 20 heavy (non-hydrogen) atoms. The van der Waals surface area contributed by atoms with Crippen LogP contribution in [0.4, 0.5) is 15.8 Å². The van der Waals surface area contributed by atoms with Crippen LogP contribution in [0.2, 0.25) is 0 Å². The fourth-order valence-electron chi connectivity index (χ4n) is 1.69. The number of hydrogen-bond donors (Lipinski definition) is 2. The third kappa shape index (κ3) is 3.24. The van der Waals surface area contributed by atoms with Crippen LogP contribution in [-0.2, 0) is 6.54 Å². The van der Waals surface area contributed by atoms with E-state index in [1.165, 1.54) is 18.2 Å². The Morgan fingerprint density at radius 3 is 2.70 bits per heavy atom. The lowest BCUT2D eigenvalue weighted by Gasteiger charge is -2.08. The van der Waals surface area contributed by atoms with Crippen molar-refractivity contribution in [2.45, 2.75) is 6.54 Å². The van der Waals surface area contributed by atoms with Crippen LogP contribution >= 0.6 is 15.9 Å². The van der Waals surface area contributed by atoms with Gasteiger partial charge >= 0.3 is 0 Å². The van der Waals surface area contributed by atoms with Gasteiger partial charge < -0.3 is 10.4 Å². The van der Waals surface area contributed by atoms with Crippen molar-refractivity contribution in [3.63, 3.8) is 0 Å². The van der Waals surface area contributed by atoms with Crippen molar-refractivity contribution in [3.05, 3.63) is 62.4 Å². The molecule has 0 aromatic heterocycles. The first kappa shape index (κ1) is 14.3. The summed E-state index contributed by atoms with van der Waals surface area (Å²) in [6.07, 6.45) is 0. The van der Waals surface area contributed by atoms with Crippen molar-refractivity contribution in [1.29, 1.82) is 0 Å². The minimum absolute atomic E-state index is 0.0139. The first-order chi connectivity index (χ1) is 9.47. The number of phenols is 1. The van der Waals surface area contributed by atoms with Gasteiger partial charge in [-0.15, -0.1) is 0 Å². The lowest BCUT2D eigenvalue weighted by atomic mass is 10.1. The second kappa shape index (κ2) is 5.87. The fraction of sp³-hybridized carbons (Fsp3) is 0.0769. The molecule has 2 aromatic rings. The van der Waals surface area contributed by atoms with E-state index in [4.69, 9.17) is 5.11 Å². The number of rotatable bonds is 4. The summed E-state index contributed by atoms with van der Waals surface area (Å²) in [6.45, 7) is 0.167. The van der Waals surface area contributed by atoms with Crippen LogP contribution in [-0.4, -0.2) is 10.0 Å². The van der Waals surface area contributed by atoms with Gasteiger partial charge in [0.2, 0.25) is 0 Å². The zero-order valence-corrected chi connectivity index (χ0v) is 11.7. The summed E-state index contributed by atoms with van der Waals surface area (Å²) in [7, 11) is 0.